The number of nitrogens with one attached hydrogen (secondary N) is 3. The summed E-state index contributed by atoms with van der Waals surface area (Å²) in [7, 11) is -3.87. The maximum atomic E-state index is 13.7. The summed E-state index contributed by atoms with van der Waals surface area (Å²) >= 11 is 0. The minimum Gasteiger partial charge on any atom is -0.475 e. The quantitative estimate of drug-likeness (QED) is 0.125. The second-order valence-corrected chi connectivity index (χ2v) is 12.8. The minimum atomic E-state index is -5.08. The van der Waals surface area contributed by atoms with Gasteiger partial charge in [0.1, 0.15) is 17.4 Å². The van der Waals surface area contributed by atoms with Gasteiger partial charge in [0.05, 0.1) is 10.4 Å². The zero-order valence-corrected chi connectivity index (χ0v) is 26.2. The van der Waals surface area contributed by atoms with Crippen LogP contribution in [-0.4, -0.2) is 55.1 Å². The number of carboxylic acids is 1. The molecule has 4 aromatic rings. The van der Waals surface area contributed by atoms with E-state index in [9.17, 15) is 39.2 Å². The van der Waals surface area contributed by atoms with Crippen LogP contribution in [0.5, 0.6) is 5.75 Å². The highest BCUT2D eigenvalue weighted by Crippen LogP contribution is 2.30. The van der Waals surface area contributed by atoms with Crippen molar-refractivity contribution in [3.63, 3.8) is 0 Å². The van der Waals surface area contributed by atoms with E-state index in [1.165, 1.54) is 12.1 Å². The molecule has 1 aliphatic rings. The van der Waals surface area contributed by atoms with Gasteiger partial charge in [-0.3, -0.25) is 0 Å². The highest BCUT2D eigenvalue weighted by Gasteiger charge is 2.38. The molecule has 0 amide bonds. The molecule has 5 rings (SSSR count). The molecule has 1 aliphatic carbocycles. The Balaban J connectivity index is 0.000000698. The fourth-order valence-electron chi connectivity index (χ4n) is 4.96. The molecule has 0 aliphatic heterocycles. The second kappa shape index (κ2) is 15.7. The van der Waals surface area contributed by atoms with E-state index in [1.807, 2.05) is 24.3 Å². The fourth-order valence-corrected chi connectivity index (χ4v) is 6.08. The van der Waals surface area contributed by atoms with Gasteiger partial charge in [0.15, 0.2) is 0 Å². The Bertz CT molecular complexity index is 1830. The first-order valence-electron chi connectivity index (χ1n) is 14.7. The van der Waals surface area contributed by atoms with E-state index in [0.717, 1.165) is 60.9 Å². The van der Waals surface area contributed by atoms with Crippen LogP contribution in [0.1, 0.15) is 25.7 Å². The molecule has 4 N–H and O–H groups in total. The van der Waals surface area contributed by atoms with Crippen molar-refractivity contribution < 1.29 is 53.8 Å². The van der Waals surface area contributed by atoms with Crippen molar-refractivity contribution in [2.24, 2.45) is 11.8 Å². The standard InChI is InChI=1S/C29H29F4N5O3S.C2HF3O2/c30-21-4-3-5-22(16-21)36-27-25-6-1-2-7-26(25)37-28(38-27)34-17-19-8-10-20(11-9-19)18-35-42(39,40)24-14-12-23(13-15-24)41-29(31,32)33;3-2(4,5)1(6)7/h1-7,12-16,19-20,35H,8-11,17-18H2,(H2,34,36,37,38);(H,6,7). The van der Waals surface area contributed by atoms with Crippen molar-refractivity contribution in [3.05, 3.63) is 78.6 Å². The number of rotatable bonds is 10. The Morgan fingerprint density at radius 3 is 2.06 bits per heavy atom. The average Bonchev–Trinajstić information content (AvgIpc) is 3.03. The maximum Gasteiger partial charge on any atom is 0.573 e. The molecule has 0 unspecified atom stereocenters. The van der Waals surface area contributed by atoms with Gasteiger partial charge in [-0.05, 0) is 92.1 Å². The first-order valence-corrected chi connectivity index (χ1v) is 16.2. The number of nitrogens with zero attached hydrogens (tertiary/aromatic N) is 2. The number of para-hydroxylation sites is 1. The molecule has 1 fully saturated rings. The summed E-state index contributed by atoms with van der Waals surface area (Å²) in [6, 6.07) is 17.8. The van der Waals surface area contributed by atoms with Gasteiger partial charge < -0.3 is 20.5 Å². The summed E-state index contributed by atoms with van der Waals surface area (Å²) in [4.78, 5) is 18.0. The van der Waals surface area contributed by atoms with Crippen LogP contribution in [0.25, 0.3) is 10.9 Å². The number of halogens is 7. The van der Waals surface area contributed by atoms with Crippen LogP contribution >= 0.6 is 0 Å². The smallest absolute Gasteiger partial charge is 0.475 e. The molecule has 49 heavy (non-hydrogen) atoms. The first-order chi connectivity index (χ1) is 23.0. The molecule has 10 nitrogen and oxygen atoms in total. The van der Waals surface area contributed by atoms with Gasteiger partial charge in [-0.15, -0.1) is 13.2 Å². The summed E-state index contributed by atoms with van der Waals surface area (Å²) in [6.45, 7) is 0.884. The van der Waals surface area contributed by atoms with Crippen LogP contribution in [0, 0.1) is 17.7 Å². The van der Waals surface area contributed by atoms with E-state index in [0.29, 0.717) is 29.9 Å². The Kier molecular flexibility index (Phi) is 11.9. The number of carboxylic acid groups (broad SMARTS) is 1. The SMILES string of the molecule is O=C(O)C(F)(F)F.O=S(=O)(NCC1CCC(CNc2nc(Nc3cccc(F)c3)c3ccccc3n2)CC1)c1ccc(OC(F)(F)F)cc1. The van der Waals surface area contributed by atoms with Crippen LogP contribution in [0.2, 0.25) is 0 Å². The molecule has 264 valence electrons. The van der Waals surface area contributed by atoms with Gasteiger partial charge in [0.2, 0.25) is 16.0 Å². The van der Waals surface area contributed by atoms with Gasteiger partial charge in [-0.1, -0.05) is 18.2 Å². The summed E-state index contributed by atoms with van der Waals surface area (Å²) in [5, 5.41) is 14.4. The summed E-state index contributed by atoms with van der Waals surface area (Å²) < 4.78 is 114. The number of fused-ring (bicyclic) bond motifs is 1. The van der Waals surface area contributed by atoms with Crippen LogP contribution in [0.15, 0.2) is 77.7 Å². The molecule has 1 heterocycles. The Hall–Kier alpha value is -4.71. The average molecular weight is 718 g/mol. The second-order valence-electron chi connectivity index (χ2n) is 11.0. The van der Waals surface area contributed by atoms with Gasteiger partial charge in [0.25, 0.3) is 0 Å². The van der Waals surface area contributed by atoms with Gasteiger partial charge in [0, 0.05) is 24.2 Å². The molecular formula is C31H30F7N5O5S. The molecule has 0 spiro atoms. The van der Waals surface area contributed by atoms with E-state index in [1.54, 1.807) is 12.1 Å². The number of benzene rings is 3. The Morgan fingerprint density at radius 1 is 0.857 bits per heavy atom. The lowest BCUT2D eigenvalue weighted by atomic mass is 9.82. The first kappa shape index (κ1) is 37.1. The van der Waals surface area contributed by atoms with Gasteiger partial charge in [-0.25, -0.2) is 27.3 Å². The normalized spacial score (nSPS) is 16.7. The van der Waals surface area contributed by atoms with E-state index < -0.39 is 34.3 Å². The molecule has 18 heteroatoms. The van der Waals surface area contributed by atoms with E-state index in [-0.39, 0.29) is 23.2 Å². The van der Waals surface area contributed by atoms with Gasteiger partial charge in [-0.2, -0.15) is 18.2 Å². The lowest BCUT2D eigenvalue weighted by Gasteiger charge is -2.28. The molecule has 0 saturated heterocycles. The Morgan fingerprint density at radius 2 is 1.47 bits per heavy atom. The molecule has 0 atom stereocenters. The molecule has 3 aromatic carbocycles. The highest BCUT2D eigenvalue weighted by molar-refractivity contribution is 7.89. The molecule has 1 saturated carbocycles. The van der Waals surface area contributed by atoms with Crippen molar-refractivity contribution in [1.82, 2.24) is 14.7 Å². The van der Waals surface area contributed by atoms with E-state index in [2.05, 4.69) is 30.1 Å². The van der Waals surface area contributed by atoms with Crippen molar-refractivity contribution in [2.75, 3.05) is 23.7 Å². The lowest BCUT2D eigenvalue weighted by Crippen LogP contribution is -2.32. The summed E-state index contributed by atoms with van der Waals surface area (Å²) in [6.07, 6.45) is -6.54. The number of aliphatic carboxylic acids is 1. The number of alkyl halides is 6. The van der Waals surface area contributed by atoms with Crippen LogP contribution in [0.3, 0.4) is 0 Å². The third-order valence-electron chi connectivity index (χ3n) is 7.38. The number of ether oxygens (including phenoxy) is 1. The number of sulfonamides is 1. The van der Waals surface area contributed by atoms with Crippen molar-refractivity contribution in [2.45, 2.75) is 43.1 Å². The van der Waals surface area contributed by atoms with E-state index in [4.69, 9.17) is 9.90 Å². The predicted molar refractivity (Wildman–Crippen MR) is 165 cm³/mol. The lowest BCUT2D eigenvalue weighted by molar-refractivity contribution is -0.274. The van der Waals surface area contributed by atoms with E-state index >= 15 is 0 Å². The van der Waals surface area contributed by atoms with Crippen molar-refractivity contribution in [3.8, 4) is 5.75 Å². The monoisotopic (exact) mass is 717 g/mol. The number of carbonyl (C=O) groups is 1. The van der Waals surface area contributed by atoms with Crippen LogP contribution < -0.4 is 20.1 Å². The molecular weight excluding hydrogens is 687 g/mol. The number of aromatic nitrogens is 2. The molecule has 0 radical (unpaired) electrons. The highest BCUT2D eigenvalue weighted by atomic mass is 32.2. The van der Waals surface area contributed by atoms with Crippen LogP contribution in [0.4, 0.5) is 48.2 Å². The molecule has 1 aromatic heterocycles. The zero-order chi connectivity index (χ0) is 35.8. The zero-order valence-electron chi connectivity index (χ0n) is 25.4. The maximum absolute atomic E-state index is 13.7. The summed E-state index contributed by atoms with van der Waals surface area (Å²) in [5.41, 5.74) is 1.32. The molecule has 0 bridgehead atoms. The minimum absolute atomic E-state index is 0.128. The third kappa shape index (κ3) is 11.4. The predicted octanol–water partition coefficient (Wildman–Crippen LogP) is 7.24. The number of hydrogen-bond donors (Lipinski definition) is 4. The summed E-state index contributed by atoms with van der Waals surface area (Å²) in [5.74, 6) is -2.10. The third-order valence-corrected chi connectivity index (χ3v) is 8.82. The Labute approximate surface area is 275 Å². The topological polar surface area (TPSA) is 143 Å². The largest absolute Gasteiger partial charge is 0.573 e. The van der Waals surface area contributed by atoms with Crippen LogP contribution in [-0.2, 0) is 14.8 Å². The number of hydrogen-bond acceptors (Lipinski definition) is 8. The fraction of sp³-hybridized carbons (Fsp3) is 0.323. The van der Waals surface area contributed by atoms with Crippen molar-refractivity contribution >= 4 is 44.3 Å². The van der Waals surface area contributed by atoms with Gasteiger partial charge >= 0.3 is 18.5 Å². The number of anilines is 3. The van der Waals surface area contributed by atoms with Crippen molar-refractivity contribution in [1.29, 1.82) is 0 Å².